The summed E-state index contributed by atoms with van der Waals surface area (Å²) in [7, 11) is 0. The Bertz CT molecular complexity index is 695. The van der Waals surface area contributed by atoms with Crippen LogP contribution in [-0.4, -0.2) is 22.4 Å². The second-order valence-electron chi connectivity index (χ2n) is 4.59. The number of hydrogen-bond donors (Lipinski definition) is 0. The molecule has 0 bridgehead atoms. The second kappa shape index (κ2) is 7.04. The fourth-order valence-corrected chi connectivity index (χ4v) is 1.82. The molecule has 4 heteroatoms. The number of aliphatic imine (C=N–C) groups is 2. The van der Waals surface area contributed by atoms with Crippen molar-refractivity contribution in [1.29, 1.82) is 0 Å². The van der Waals surface area contributed by atoms with E-state index in [1.54, 1.807) is 24.8 Å². The Morgan fingerprint density at radius 1 is 0.545 bits per heavy atom. The molecule has 4 nitrogen and oxygen atoms in total. The molecule has 0 N–H and O–H groups in total. The quantitative estimate of drug-likeness (QED) is 0.681. The summed E-state index contributed by atoms with van der Waals surface area (Å²) in [5, 5.41) is 0. The third-order valence-electron chi connectivity index (χ3n) is 2.99. The van der Waals surface area contributed by atoms with Crippen molar-refractivity contribution in [2.24, 2.45) is 9.98 Å². The van der Waals surface area contributed by atoms with Crippen LogP contribution in [0.5, 0.6) is 0 Å². The molecule has 2 heterocycles. The standard InChI is InChI=1S/C18H14N4/c1-2-18(22-14-16-7-11-20-12-8-16)4-3-17(1)21-13-15-5-9-19-10-6-15/h1-14H. The minimum absolute atomic E-state index is 0.889. The Balaban J connectivity index is 1.68. The van der Waals surface area contributed by atoms with Crippen LogP contribution in [0, 0.1) is 0 Å². The molecule has 106 valence electrons. The highest BCUT2D eigenvalue weighted by Crippen LogP contribution is 2.18. The molecular formula is C18H14N4. The zero-order chi connectivity index (χ0) is 15.0. The van der Waals surface area contributed by atoms with Crippen molar-refractivity contribution in [3.63, 3.8) is 0 Å². The van der Waals surface area contributed by atoms with Gasteiger partial charge in [0.2, 0.25) is 0 Å². The van der Waals surface area contributed by atoms with E-state index in [0.717, 1.165) is 22.5 Å². The molecule has 0 amide bonds. The maximum absolute atomic E-state index is 4.42. The van der Waals surface area contributed by atoms with Gasteiger partial charge in [-0.15, -0.1) is 0 Å². The Morgan fingerprint density at radius 3 is 1.27 bits per heavy atom. The zero-order valence-corrected chi connectivity index (χ0v) is 11.9. The average molecular weight is 286 g/mol. The van der Waals surface area contributed by atoms with Gasteiger partial charge in [0.15, 0.2) is 0 Å². The summed E-state index contributed by atoms with van der Waals surface area (Å²) in [6, 6.07) is 15.4. The number of rotatable bonds is 4. The molecule has 22 heavy (non-hydrogen) atoms. The molecule has 0 saturated heterocycles. The van der Waals surface area contributed by atoms with Crippen molar-refractivity contribution in [2.45, 2.75) is 0 Å². The molecule has 3 rings (SSSR count). The van der Waals surface area contributed by atoms with Gasteiger partial charge in [0, 0.05) is 37.2 Å². The summed E-state index contributed by atoms with van der Waals surface area (Å²) in [6.45, 7) is 0. The van der Waals surface area contributed by atoms with Crippen molar-refractivity contribution in [1.82, 2.24) is 9.97 Å². The first-order valence-electron chi connectivity index (χ1n) is 6.88. The van der Waals surface area contributed by atoms with Gasteiger partial charge >= 0.3 is 0 Å². The van der Waals surface area contributed by atoms with Gasteiger partial charge in [-0.2, -0.15) is 0 Å². The van der Waals surface area contributed by atoms with Gasteiger partial charge in [-0.3, -0.25) is 20.0 Å². The topological polar surface area (TPSA) is 50.5 Å². The van der Waals surface area contributed by atoms with Crippen molar-refractivity contribution < 1.29 is 0 Å². The molecule has 2 aromatic heterocycles. The van der Waals surface area contributed by atoms with Crippen molar-refractivity contribution in [3.8, 4) is 0 Å². The average Bonchev–Trinajstić information content (AvgIpc) is 2.61. The van der Waals surface area contributed by atoms with Crippen molar-refractivity contribution in [2.75, 3.05) is 0 Å². The number of benzene rings is 1. The van der Waals surface area contributed by atoms with E-state index in [4.69, 9.17) is 0 Å². The van der Waals surface area contributed by atoms with Gasteiger partial charge in [-0.1, -0.05) is 0 Å². The fraction of sp³-hybridized carbons (Fsp3) is 0. The monoisotopic (exact) mass is 286 g/mol. The van der Waals surface area contributed by atoms with Crippen LogP contribution >= 0.6 is 0 Å². The first-order valence-corrected chi connectivity index (χ1v) is 6.88. The summed E-state index contributed by atoms with van der Waals surface area (Å²) in [5.74, 6) is 0. The number of hydrogen-bond acceptors (Lipinski definition) is 4. The highest BCUT2D eigenvalue weighted by Gasteiger charge is 1.92. The van der Waals surface area contributed by atoms with Crippen LogP contribution in [0.15, 0.2) is 83.3 Å². The maximum Gasteiger partial charge on any atom is 0.0631 e. The van der Waals surface area contributed by atoms with Crippen LogP contribution in [-0.2, 0) is 0 Å². The van der Waals surface area contributed by atoms with E-state index >= 15 is 0 Å². The molecule has 0 aliphatic rings. The molecule has 0 aliphatic heterocycles. The lowest BCUT2D eigenvalue weighted by molar-refractivity contribution is 1.32. The third kappa shape index (κ3) is 3.93. The smallest absolute Gasteiger partial charge is 0.0631 e. The van der Waals surface area contributed by atoms with Crippen molar-refractivity contribution >= 4 is 23.8 Å². The van der Waals surface area contributed by atoms with Gasteiger partial charge in [0.05, 0.1) is 11.4 Å². The molecule has 0 spiro atoms. The predicted molar refractivity (Wildman–Crippen MR) is 89.4 cm³/mol. The lowest BCUT2D eigenvalue weighted by Crippen LogP contribution is -1.80. The zero-order valence-electron chi connectivity index (χ0n) is 11.9. The first-order chi connectivity index (χ1) is 10.9. The minimum Gasteiger partial charge on any atom is -0.265 e. The molecule has 0 saturated carbocycles. The minimum atomic E-state index is 0.889. The Labute approximate surface area is 129 Å². The summed E-state index contributed by atoms with van der Waals surface area (Å²) in [4.78, 5) is 16.8. The van der Waals surface area contributed by atoms with Crippen LogP contribution < -0.4 is 0 Å². The molecule has 0 atom stereocenters. The lowest BCUT2D eigenvalue weighted by atomic mass is 10.2. The van der Waals surface area contributed by atoms with Gasteiger partial charge in [0.1, 0.15) is 0 Å². The number of nitrogens with zero attached hydrogens (tertiary/aromatic N) is 4. The fourth-order valence-electron chi connectivity index (χ4n) is 1.82. The molecule has 1 aromatic carbocycles. The van der Waals surface area contributed by atoms with Crippen LogP contribution in [0.4, 0.5) is 11.4 Å². The molecular weight excluding hydrogens is 272 g/mol. The number of aromatic nitrogens is 2. The molecule has 0 fully saturated rings. The summed E-state index contributed by atoms with van der Waals surface area (Å²) < 4.78 is 0. The van der Waals surface area contributed by atoms with Crippen LogP contribution in [0.1, 0.15) is 11.1 Å². The Kier molecular flexibility index (Phi) is 4.42. The van der Waals surface area contributed by atoms with Crippen LogP contribution in [0.25, 0.3) is 0 Å². The normalized spacial score (nSPS) is 11.3. The predicted octanol–water partition coefficient (Wildman–Crippen LogP) is 3.98. The van der Waals surface area contributed by atoms with E-state index < -0.39 is 0 Å². The highest BCUT2D eigenvalue weighted by molar-refractivity contribution is 5.82. The summed E-state index contributed by atoms with van der Waals surface area (Å²) in [6.07, 6.45) is 10.6. The van der Waals surface area contributed by atoms with E-state index in [1.807, 2.05) is 61.0 Å². The largest absolute Gasteiger partial charge is 0.265 e. The molecule has 3 aromatic rings. The highest BCUT2D eigenvalue weighted by atomic mass is 14.7. The number of pyridine rings is 2. The maximum atomic E-state index is 4.42. The van der Waals surface area contributed by atoms with Crippen LogP contribution in [0.3, 0.4) is 0 Å². The van der Waals surface area contributed by atoms with E-state index in [1.165, 1.54) is 0 Å². The molecule has 0 aliphatic carbocycles. The lowest BCUT2D eigenvalue weighted by Gasteiger charge is -1.96. The van der Waals surface area contributed by atoms with Gasteiger partial charge in [0.25, 0.3) is 0 Å². The summed E-state index contributed by atoms with van der Waals surface area (Å²) >= 11 is 0. The summed E-state index contributed by atoms with van der Waals surface area (Å²) in [5.41, 5.74) is 3.82. The van der Waals surface area contributed by atoms with Crippen LogP contribution in [0.2, 0.25) is 0 Å². The van der Waals surface area contributed by atoms with Crippen molar-refractivity contribution in [3.05, 3.63) is 84.4 Å². The van der Waals surface area contributed by atoms with E-state index in [2.05, 4.69) is 20.0 Å². The SMILES string of the molecule is C(=Nc1ccc(N=Cc2ccncc2)cc1)c1ccncc1. The Hall–Kier alpha value is -3.14. The molecule has 0 radical (unpaired) electrons. The van der Waals surface area contributed by atoms with Gasteiger partial charge in [-0.05, 0) is 59.7 Å². The Morgan fingerprint density at radius 2 is 0.909 bits per heavy atom. The second-order valence-corrected chi connectivity index (χ2v) is 4.59. The van der Waals surface area contributed by atoms with E-state index in [9.17, 15) is 0 Å². The van der Waals surface area contributed by atoms with E-state index in [0.29, 0.717) is 0 Å². The molecule has 0 unspecified atom stereocenters. The van der Waals surface area contributed by atoms with Gasteiger partial charge in [-0.25, -0.2) is 0 Å². The van der Waals surface area contributed by atoms with E-state index in [-0.39, 0.29) is 0 Å². The third-order valence-corrected chi connectivity index (χ3v) is 2.99. The first kappa shape index (κ1) is 13.8. The van der Waals surface area contributed by atoms with Gasteiger partial charge < -0.3 is 0 Å².